The Morgan fingerprint density at radius 1 is 0.492 bits per heavy atom. The van der Waals surface area contributed by atoms with E-state index in [1.54, 1.807) is 0 Å². The minimum Gasteiger partial charge on any atom is -0.462 e. The minimum atomic E-state index is -0.797. The molecule has 0 aliphatic carbocycles. The van der Waals surface area contributed by atoms with Crippen LogP contribution in [0.4, 0.5) is 0 Å². The molecule has 0 aliphatic heterocycles. The monoisotopic (exact) mass is 826 g/mol. The van der Waals surface area contributed by atoms with Crippen LogP contribution in [0.15, 0.2) is 60.8 Å². The molecule has 0 bridgehead atoms. The molecule has 0 fully saturated rings. The fraction of sp³-hybridized carbons (Fsp3) is 0.774. The van der Waals surface area contributed by atoms with Gasteiger partial charge < -0.3 is 20.3 Å². The number of nitrogens with one attached hydrogen (secondary N) is 1. The van der Waals surface area contributed by atoms with Gasteiger partial charge >= 0.3 is 5.97 Å². The van der Waals surface area contributed by atoms with Crippen LogP contribution in [0.3, 0.4) is 0 Å². The molecular formula is C53H95NO5. The number of esters is 1. The molecule has 0 saturated carbocycles. The Labute approximate surface area is 365 Å². The van der Waals surface area contributed by atoms with Crippen molar-refractivity contribution >= 4 is 11.9 Å². The fourth-order valence-corrected chi connectivity index (χ4v) is 7.24. The average molecular weight is 826 g/mol. The third kappa shape index (κ3) is 42.1. The maximum atomic E-state index is 13.1. The Kier molecular flexibility index (Phi) is 44.7. The molecule has 0 radical (unpaired) electrons. The van der Waals surface area contributed by atoms with Gasteiger partial charge in [0, 0.05) is 6.42 Å². The predicted molar refractivity (Wildman–Crippen MR) is 255 cm³/mol. The highest BCUT2D eigenvalue weighted by Gasteiger charge is 2.24. The predicted octanol–water partition coefficient (Wildman–Crippen LogP) is 14.8. The van der Waals surface area contributed by atoms with Crippen molar-refractivity contribution in [1.82, 2.24) is 5.32 Å². The van der Waals surface area contributed by atoms with Crippen molar-refractivity contribution in [2.45, 2.75) is 257 Å². The third-order valence-corrected chi connectivity index (χ3v) is 11.1. The summed E-state index contributed by atoms with van der Waals surface area (Å²) in [6, 6.07) is -0.712. The molecule has 6 nitrogen and oxygen atoms in total. The van der Waals surface area contributed by atoms with E-state index in [0.717, 1.165) is 103 Å². The second-order valence-corrected chi connectivity index (χ2v) is 16.9. The van der Waals surface area contributed by atoms with Crippen molar-refractivity contribution < 1.29 is 24.5 Å². The maximum Gasteiger partial charge on any atom is 0.306 e. The molecular weight excluding hydrogens is 731 g/mol. The van der Waals surface area contributed by atoms with Crippen LogP contribution in [0.25, 0.3) is 0 Å². The van der Waals surface area contributed by atoms with Crippen molar-refractivity contribution in [2.24, 2.45) is 0 Å². The van der Waals surface area contributed by atoms with Crippen LogP contribution in [-0.2, 0) is 14.3 Å². The van der Waals surface area contributed by atoms with Crippen LogP contribution in [0.2, 0.25) is 0 Å². The lowest BCUT2D eigenvalue weighted by Crippen LogP contribution is -2.46. The van der Waals surface area contributed by atoms with Crippen molar-refractivity contribution in [2.75, 3.05) is 6.61 Å². The van der Waals surface area contributed by atoms with Gasteiger partial charge in [-0.1, -0.05) is 197 Å². The number of amides is 1. The summed E-state index contributed by atoms with van der Waals surface area (Å²) in [5, 5.41) is 23.7. The molecule has 3 atom stereocenters. The number of rotatable bonds is 44. The zero-order valence-electron chi connectivity index (χ0n) is 38.9. The molecule has 0 rings (SSSR count). The number of carbonyl (C=O) groups excluding carboxylic acids is 2. The number of aliphatic hydroxyl groups is 2. The summed E-state index contributed by atoms with van der Waals surface area (Å²) in [5.41, 5.74) is 0. The number of carbonyl (C=O) groups is 2. The van der Waals surface area contributed by atoms with E-state index >= 15 is 0 Å². The van der Waals surface area contributed by atoms with Crippen LogP contribution in [0, 0.1) is 0 Å². The molecule has 0 heterocycles. The molecule has 0 saturated heterocycles. The van der Waals surface area contributed by atoms with E-state index in [2.05, 4.69) is 86.8 Å². The first-order valence-electron chi connectivity index (χ1n) is 25.0. The number of hydrogen-bond acceptors (Lipinski definition) is 5. The fourth-order valence-electron chi connectivity index (χ4n) is 7.24. The van der Waals surface area contributed by atoms with Crippen LogP contribution in [-0.4, -0.2) is 46.9 Å². The quantitative estimate of drug-likeness (QED) is 0.0323. The van der Waals surface area contributed by atoms with Gasteiger partial charge in [0.05, 0.1) is 25.2 Å². The zero-order chi connectivity index (χ0) is 43.1. The second-order valence-electron chi connectivity index (χ2n) is 16.9. The lowest BCUT2D eigenvalue weighted by atomic mass is 10.0. The maximum absolute atomic E-state index is 13.1. The highest BCUT2D eigenvalue weighted by molar-refractivity contribution is 5.77. The Hall–Kier alpha value is -2.44. The molecule has 0 aromatic carbocycles. The molecule has 0 aromatic rings. The first kappa shape index (κ1) is 56.6. The van der Waals surface area contributed by atoms with Gasteiger partial charge in [-0.3, -0.25) is 9.59 Å². The summed E-state index contributed by atoms with van der Waals surface area (Å²) in [6.07, 6.45) is 57.2. The Morgan fingerprint density at radius 2 is 0.898 bits per heavy atom. The van der Waals surface area contributed by atoms with E-state index in [9.17, 15) is 19.8 Å². The van der Waals surface area contributed by atoms with Crippen LogP contribution >= 0.6 is 0 Å². The van der Waals surface area contributed by atoms with Gasteiger partial charge in [0.1, 0.15) is 6.10 Å². The first-order valence-corrected chi connectivity index (χ1v) is 25.0. The smallest absolute Gasteiger partial charge is 0.306 e. The van der Waals surface area contributed by atoms with E-state index < -0.39 is 18.2 Å². The van der Waals surface area contributed by atoms with Gasteiger partial charge in [0.2, 0.25) is 5.91 Å². The molecule has 0 aliphatic rings. The van der Waals surface area contributed by atoms with E-state index in [1.807, 2.05) is 0 Å². The summed E-state index contributed by atoms with van der Waals surface area (Å²) in [6.45, 7) is 6.37. The van der Waals surface area contributed by atoms with E-state index in [0.29, 0.717) is 19.3 Å². The van der Waals surface area contributed by atoms with Gasteiger partial charge in [0.15, 0.2) is 0 Å². The molecule has 59 heavy (non-hydrogen) atoms. The topological polar surface area (TPSA) is 95.9 Å². The molecule has 0 spiro atoms. The third-order valence-electron chi connectivity index (χ3n) is 11.1. The average Bonchev–Trinajstić information content (AvgIpc) is 3.23. The van der Waals surface area contributed by atoms with Gasteiger partial charge in [-0.25, -0.2) is 0 Å². The normalized spacial score (nSPS) is 13.8. The Balaban J connectivity index is 4.49. The van der Waals surface area contributed by atoms with Gasteiger partial charge in [-0.05, 0) is 89.9 Å². The van der Waals surface area contributed by atoms with Crippen molar-refractivity contribution in [3.05, 3.63) is 60.8 Å². The highest BCUT2D eigenvalue weighted by Crippen LogP contribution is 2.17. The summed E-state index contributed by atoms with van der Waals surface area (Å²) < 4.78 is 5.88. The number of hydrogen-bond donors (Lipinski definition) is 3. The lowest BCUT2D eigenvalue weighted by Gasteiger charge is -2.24. The summed E-state index contributed by atoms with van der Waals surface area (Å²) in [7, 11) is 0. The number of aliphatic hydroxyl groups excluding tert-OH is 2. The lowest BCUT2D eigenvalue weighted by molar-refractivity contribution is -0.151. The number of unbranched alkanes of at least 4 members (excludes halogenated alkanes) is 22. The largest absolute Gasteiger partial charge is 0.462 e. The van der Waals surface area contributed by atoms with E-state index in [4.69, 9.17) is 4.74 Å². The van der Waals surface area contributed by atoms with Crippen LogP contribution < -0.4 is 5.32 Å². The summed E-state index contributed by atoms with van der Waals surface area (Å²) in [5.74, 6) is -0.531. The second kappa shape index (κ2) is 46.6. The van der Waals surface area contributed by atoms with Crippen LogP contribution in [0.1, 0.15) is 239 Å². The molecule has 342 valence electrons. The van der Waals surface area contributed by atoms with Gasteiger partial charge in [-0.2, -0.15) is 0 Å². The molecule has 1 amide bonds. The standard InChI is InChI=1S/C53H95NO5/c1-4-7-10-13-16-19-21-23-24-25-26-27-28-30-32-34-37-40-43-46-53(58)59-49(44-41-38-35-18-15-12-9-6-3)47-52(57)54-50(48-55)51(56)45-42-39-36-33-31-29-22-20-17-14-11-8-5-2/h12,15-16,19,23-24,26-27,30,32,49-51,55-56H,4-11,13-14,17-18,20-22,25,28-29,31,33-48H2,1-3H3,(H,54,57)/b15-12-,19-16-,24-23-,27-26-,32-30-. The molecule has 0 aromatic heterocycles. The van der Waals surface area contributed by atoms with E-state index in [1.165, 1.54) is 89.9 Å². The Bertz CT molecular complexity index is 1060. The zero-order valence-corrected chi connectivity index (χ0v) is 38.9. The molecule has 3 unspecified atom stereocenters. The van der Waals surface area contributed by atoms with Crippen molar-refractivity contribution in [1.29, 1.82) is 0 Å². The van der Waals surface area contributed by atoms with E-state index in [-0.39, 0.29) is 24.9 Å². The van der Waals surface area contributed by atoms with Crippen LogP contribution in [0.5, 0.6) is 0 Å². The first-order chi connectivity index (χ1) is 29.0. The minimum absolute atomic E-state index is 0.0518. The van der Waals surface area contributed by atoms with Crippen molar-refractivity contribution in [3.8, 4) is 0 Å². The molecule has 6 heteroatoms. The Morgan fingerprint density at radius 3 is 1.42 bits per heavy atom. The summed E-state index contributed by atoms with van der Waals surface area (Å²) in [4.78, 5) is 26.0. The SMILES string of the molecule is CCC/C=C\CCCCCC(CC(=O)NC(CO)C(O)CCCCCCCCCCCCCCC)OC(=O)CCCCC/C=C\C/C=C\C/C=C\C/C=C\CCCCC. The van der Waals surface area contributed by atoms with Gasteiger partial charge in [0.25, 0.3) is 0 Å². The van der Waals surface area contributed by atoms with Crippen molar-refractivity contribution in [3.63, 3.8) is 0 Å². The summed E-state index contributed by atoms with van der Waals surface area (Å²) >= 11 is 0. The molecule has 3 N–H and O–H groups in total. The highest BCUT2D eigenvalue weighted by atomic mass is 16.5. The van der Waals surface area contributed by atoms with Gasteiger partial charge in [-0.15, -0.1) is 0 Å². The number of ether oxygens (including phenoxy) is 1. The number of allylic oxidation sites excluding steroid dienone is 10.